The number of carbonyl (C=O) groups excluding carboxylic acids is 1. The molecule has 4 aromatic rings. The molecule has 0 spiro atoms. The van der Waals surface area contributed by atoms with E-state index in [0.29, 0.717) is 22.6 Å². The Morgan fingerprint density at radius 3 is 2.47 bits per heavy atom. The second-order valence-corrected chi connectivity index (χ2v) is 7.41. The van der Waals surface area contributed by atoms with Gasteiger partial charge in [0.15, 0.2) is 5.65 Å². The predicted molar refractivity (Wildman–Crippen MR) is 114 cm³/mol. The van der Waals surface area contributed by atoms with Crippen molar-refractivity contribution in [1.82, 2.24) is 14.6 Å². The van der Waals surface area contributed by atoms with Gasteiger partial charge in [0, 0.05) is 23.3 Å². The van der Waals surface area contributed by atoms with Crippen LogP contribution in [0.5, 0.6) is 0 Å². The maximum atomic E-state index is 12.7. The van der Waals surface area contributed by atoms with E-state index < -0.39 is 12.2 Å². The van der Waals surface area contributed by atoms with E-state index in [1.165, 1.54) is 6.92 Å². The van der Waals surface area contributed by atoms with Gasteiger partial charge in [0.2, 0.25) is 0 Å². The van der Waals surface area contributed by atoms with Gasteiger partial charge in [-0.15, -0.1) is 0 Å². The molecular formula is C23H22N4O3. The van der Waals surface area contributed by atoms with Crippen molar-refractivity contribution in [2.45, 2.75) is 19.4 Å². The molecule has 0 aliphatic carbocycles. The number of nitrogens with one attached hydrogen (secondary N) is 1. The second kappa shape index (κ2) is 7.70. The molecule has 0 bridgehead atoms. The SMILES string of the molecule is Cc1cc2nc(NC(=O)c3ccc([C@](C)(O)CO)cc3)cc(-c3ccccc3)n2n1. The summed E-state index contributed by atoms with van der Waals surface area (Å²) in [7, 11) is 0. The minimum atomic E-state index is -1.36. The van der Waals surface area contributed by atoms with E-state index >= 15 is 0 Å². The number of hydrogen-bond donors (Lipinski definition) is 3. The Hall–Kier alpha value is -3.55. The Balaban J connectivity index is 1.66. The number of fused-ring (bicyclic) bond motifs is 1. The molecule has 0 aliphatic rings. The number of nitrogens with zero attached hydrogens (tertiary/aromatic N) is 3. The highest BCUT2D eigenvalue weighted by molar-refractivity contribution is 6.04. The van der Waals surface area contributed by atoms with E-state index in [2.05, 4.69) is 15.4 Å². The minimum absolute atomic E-state index is 0.322. The van der Waals surface area contributed by atoms with Crippen LogP contribution in [0, 0.1) is 6.92 Å². The fourth-order valence-corrected chi connectivity index (χ4v) is 3.23. The van der Waals surface area contributed by atoms with Crippen molar-refractivity contribution < 1.29 is 15.0 Å². The summed E-state index contributed by atoms with van der Waals surface area (Å²) >= 11 is 0. The van der Waals surface area contributed by atoms with Crippen molar-refractivity contribution in [1.29, 1.82) is 0 Å². The standard InChI is InChI=1S/C23H22N4O3/c1-15-12-21-24-20(13-19(27(21)26-15)16-6-4-3-5-7-16)25-22(29)17-8-10-18(11-9-17)23(2,30)14-28/h3-13,28,30H,14H2,1-2H3,(H,24,25,29)/t23-/m1/s1. The molecule has 2 heterocycles. The van der Waals surface area contributed by atoms with Crippen molar-refractivity contribution >= 4 is 17.4 Å². The second-order valence-electron chi connectivity index (χ2n) is 7.41. The third kappa shape index (κ3) is 3.80. The highest BCUT2D eigenvalue weighted by Gasteiger charge is 2.22. The maximum Gasteiger partial charge on any atom is 0.256 e. The number of aromatic nitrogens is 3. The quantitative estimate of drug-likeness (QED) is 0.476. The predicted octanol–water partition coefficient (Wildman–Crippen LogP) is 3.16. The molecule has 2 aromatic carbocycles. The molecule has 30 heavy (non-hydrogen) atoms. The molecule has 3 N–H and O–H groups in total. The molecule has 7 nitrogen and oxygen atoms in total. The summed E-state index contributed by atoms with van der Waals surface area (Å²) < 4.78 is 1.76. The number of hydrogen-bond acceptors (Lipinski definition) is 5. The van der Waals surface area contributed by atoms with Gasteiger partial charge in [0.25, 0.3) is 5.91 Å². The van der Waals surface area contributed by atoms with Crippen LogP contribution in [0.1, 0.15) is 28.5 Å². The molecular weight excluding hydrogens is 380 g/mol. The molecule has 0 aliphatic heterocycles. The number of benzene rings is 2. The Bertz CT molecular complexity index is 1200. The summed E-state index contributed by atoms with van der Waals surface area (Å²) in [5.74, 6) is 0.0926. The van der Waals surface area contributed by atoms with E-state index in [4.69, 9.17) is 0 Å². The fourth-order valence-electron chi connectivity index (χ4n) is 3.23. The number of aryl methyl sites for hydroxylation is 1. The maximum absolute atomic E-state index is 12.7. The lowest BCUT2D eigenvalue weighted by molar-refractivity contribution is -0.00229. The highest BCUT2D eigenvalue weighted by atomic mass is 16.3. The molecule has 7 heteroatoms. The Labute approximate surface area is 173 Å². The fraction of sp³-hybridized carbons (Fsp3) is 0.174. The van der Waals surface area contributed by atoms with Crippen LogP contribution in [-0.2, 0) is 5.60 Å². The van der Waals surface area contributed by atoms with Crippen molar-refractivity contribution in [3.05, 3.63) is 83.6 Å². The number of amides is 1. The molecule has 0 saturated carbocycles. The van der Waals surface area contributed by atoms with Crippen LogP contribution in [0.3, 0.4) is 0 Å². The summed E-state index contributed by atoms with van der Waals surface area (Å²) in [6.07, 6.45) is 0. The Morgan fingerprint density at radius 2 is 1.80 bits per heavy atom. The van der Waals surface area contributed by atoms with E-state index in [0.717, 1.165) is 17.0 Å². The van der Waals surface area contributed by atoms with Gasteiger partial charge in [-0.1, -0.05) is 42.5 Å². The zero-order chi connectivity index (χ0) is 21.3. The molecule has 0 unspecified atom stereocenters. The lowest BCUT2D eigenvalue weighted by Crippen LogP contribution is -2.25. The smallest absolute Gasteiger partial charge is 0.256 e. The molecule has 4 rings (SSSR count). The Morgan fingerprint density at radius 1 is 1.10 bits per heavy atom. The van der Waals surface area contributed by atoms with Crippen molar-refractivity contribution in [2.75, 3.05) is 11.9 Å². The van der Waals surface area contributed by atoms with E-state index in [9.17, 15) is 15.0 Å². The first kappa shape index (κ1) is 19.8. The largest absolute Gasteiger partial charge is 0.393 e. The minimum Gasteiger partial charge on any atom is -0.393 e. The van der Waals surface area contributed by atoms with E-state index in [-0.39, 0.29) is 5.91 Å². The van der Waals surface area contributed by atoms with Gasteiger partial charge in [-0.05, 0) is 31.5 Å². The lowest BCUT2D eigenvalue weighted by Gasteiger charge is -2.20. The van der Waals surface area contributed by atoms with Gasteiger partial charge in [-0.25, -0.2) is 9.50 Å². The van der Waals surface area contributed by atoms with Crippen LogP contribution in [0.4, 0.5) is 5.82 Å². The van der Waals surface area contributed by atoms with Gasteiger partial charge in [-0.3, -0.25) is 4.79 Å². The van der Waals surface area contributed by atoms with Crippen LogP contribution in [0.25, 0.3) is 16.9 Å². The van der Waals surface area contributed by atoms with Crippen molar-refractivity contribution in [2.24, 2.45) is 0 Å². The van der Waals surface area contributed by atoms with Crippen molar-refractivity contribution in [3.63, 3.8) is 0 Å². The number of aliphatic hydroxyl groups excluding tert-OH is 1. The van der Waals surface area contributed by atoms with Gasteiger partial charge in [0.1, 0.15) is 11.4 Å². The van der Waals surface area contributed by atoms with Gasteiger partial charge in [-0.2, -0.15) is 5.10 Å². The van der Waals surface area contributed by atoms with E-state index in [1.807, 2.05) is 43.3 Å². The lowest BCUT2D eigenvalue weighted by atomic mass is 9.96. The number of aliphatic hydroxyl groups is 2. The summed E-state index contributed by atoms with van der Waals surface area (Å²) in [5.41, 5.74) is 2.83. The summed E-state index contributed by atoms with van der Waals surface area (Å²) in [6, 6.07) is 19.9. The first-order chi connectivity index (χ1) is 14.4. The molecule has 0 fully saturated rings. The van der Waals surface area contributed by atoms with E-state index in [1.54, 1.807) is 34.8 Å². The Kier molecular flexibility index (Phi) is 5.07. The van der Waals surface area contributed by atoms with Crippen LogP contribution in [-0.4, -0.2) is 37.3 Å². The number of rotatable bonds is 5. The summed E-state index contributed by atoms with van der Waals surface area (Å²) in [6.45, 7) is 3.00. The van der Waals surface area contributed by atoms with Crippen LogP contribution in [0.2, 0.25) is 0 Å². The normalized spacial score (nSPS) is 13.2. The molecule has 2 aromatic heterocycles. The first-order valence-electron chi connectivity index (χ1n) is 9.55. The monoisotopic (exact) mass is 402 g/mol. The molecule has 0 radical (unpaired) electrons. The molecule has 1 amide bonds. The topological polar surface area (TPSA) is 99.8 Å². The van der Waals surface area contributed by atoms with Crippen LogP contribution < -0.4 is 5.32 Å². The average Bonchev–Trinajstić information content (AvgIpc) is 3.14. The zero-order valence-corrected chi connectivity index (χ0v) is 16.7. The van der Waals surface area contributed by atoms with Gasteiger partial charge < -0.3 is 15.5 Å². The first-order valence-corrected chi connectivity index (χ1v) is 9.55. The third-order valence-corrected chi connectivity index (χ3v) is 4.94. The van der Waals surface area contributed by atoms with Crippen molar-refractivity contribution in [3.8, 4) is 11.3 Å². The summed E-state index contributed by atoms with van der Waals surface area (Å²) in [4.78, 5) is 17.3. The average molecular weight is 402 g/mol. The zero-order valence-electron chi connectivity index (χ0n) is 16.7. The number of anilines is 1. The summed E-state index contributed by atoms with van der Waals surface area (Å²) in [5, 5.41) is 26.8. The molecule has 1 atom stereocenters. The molecule has 152 valence electrons. The van der Waals surface area contributed by atoms with Gasteiger partial charge in [0.05, 0.1) is 18.0 Å². The van der Waals surface area contributed by atoms with Crippen LogP contribution in [0.15, 0.2) is 66.7 Å². The molecule has 0 saturated heterocycles. The van der Waals surface area contributed by atoms with Gasteiger partial charge >= 0.3 is 0 Å². The number of carbonyl (C=O) groups is 1. The van der Waals surface area contributed by atoms with Crippen LogP contribution >= 0.6 is 0 Å². The third-order valence-electron chi connectivity index (χ3n) is 4.94. The highest BCUT2D eigenvalue weighted by Crippen LogP contribution is 2.24.